The molecule has 0 saturated carbocycles. The maximum Gasteiger partial charge on any atom is 0.416 e. The van der Waals surface area contributed by atoms with Crippen molar-refractivity contribution in [2.45, 2.75) is 12.2 Å². The first kappa shape index (κ1) is 17.8. The molecule has 1 aliphatic heterocycles. The zero-order chi connectivity index (χ0) is 17.9. The van der Waals surface area contributed by atoms with Crippen molar-refractivity contribution in [3.8, 4) is 5.75 Å². The molecule has 3 rings (SSSR count). The highest BCUT2D eigenvalue weighted by Crippen LogP contribution is 2.39. The Morgan fingerprint density at radius 2 is 1.64 bits per heavy atom. The van der Waals surface area contributed by atoms with Crippen molar-refractivity contribution in [1.29, 1.82) is 0 Å². The molecular formula is C19H21F3N2O. The van der Waals surface area contributed by atoms with E-state index in [-0.39, 0.29) is 0 Å². The van der Waals surface area contributed by atoms with Gasteiger partial charge in [0.25, 0.3) is 0 Å². The molecule has 25 heavy (non-hydrogen) atoms. The van der Waals surface area contributed by atoms with Crippen molar-refractivity contribution in [2.75, 3.05) is 33.3 Å². The van der Waals surface area contributed by atoms with Gasteiger partial charge in [0.15, 0.2) is 0 Å². The van der Waals surface area contributed by atoms with Crippen LogP contribution in [0.25, 0.3) is 0 Å². The van der Waals surface area contributed by atoms with E-state index in [9.17, 15) is 13.2 Å². The Balaban J connectivity index is 2.08. The van der Waals surface area contributed by atoms with Crippen LogP contribution in [0.15, 0.2) is 48.5 Å². The minimum Gasteiger partial charge on any atom is -0.497 e. The van der Waals surface area contributed by atoms with Crippen LogP contribution in [0.3, 0.4) is 0 Å². The smallest absolute Gasteiger partial charge is 0.416 e. The van der Waals surface area contributed by atoms with Gasteiger partial charge in [-0.2, -0.15) is 13.2 Å². The first-order chi connectivity index (χ1) is 12.0. The molecule has 0 amide bonds. The molecule has 1 N–H and O–H groups in total. The third kappa shape index (κ3) is 3.96. The number of nitrogens with zero attached hydrogens (tertiary/aromatic N) is 1. The number of benzene rings is 2. The number of hydrogen-bond acceptors (Lipinski definition) is 3. The highest BCUT2D eigenvalue weighted by Gasteiger charge is 2.37. The number of piperazine rings is 1. The molecule has 134 valence electrons. The molecule has 1 saturated heterocycles. The normalized spacial score (nSPS) is 17.3. The Bertz CT molecular complexity index is 695. The van der Waals surface area contributed by atoms with E-state index >= 15 is 0 Å². The molecule has 1 fully saturated rings. The molecule has 1 atom stereocenters. The zero-order valence-corrected chi connectivity index (χ0v) is 14.0. The van der Waals surface area contributed by atoms with E-state index in [1.165, 1.54) is 6.07 Å². The van der Waals surface area contributed by atoms with Crippen LogP contribution in [-0.2, 0) is 6.18 Å². The number of alkyl halides is 3. The second-order valence-electron chi connectivity index (χ2n) is 6.05. The summed E-state index contributed by atoms with van der Waals surface area (Å²) >= 11 is 0. The summed E-state index contributed by atoms with van der Waals surface area (Å²) in [5, 5.41) is 3.25. The van der Waals surface area contributed by atoms with E-state index in [1.54, 1.807) is 31.4 Å². The average Bonchev–Trinajstić information content (AvgIpc) is 2.63. The lowest BCUT2D eigenvalue weighted by molar-refractivity contribution is -0.138. The molecule has 0 bridgehead atoms. The van der Waals surface area contributed by atoms with Crippen molar-refractivity contribution in [2.24, 2.45) is 0 Å². The van der Waals surface area contributed by atoms with Gasteiger partial charge in [-0.05, 0) is 29.3 Å². The molecule has 0 aromatic heterocycles. The van der Waals surface area contributed by atoms with E-state index in [0.717, 1.165) is 24.7 Å². The summed E-state index contributed by atoms with van der Waals surface area (Å²) in [6.45, 7) is 2.92. The number of methoxy groups -OCH3 is 1. The highest BCUT2D eigenvalue weighted by atomic mass is 19.4. The van der Waals surface area contributed by atoms with Crippen LogP contribution < -0.4 is 10.1 Å². The Morgan fingerprint density at radius 1 is 1.00 bits per heavy atom. The fraction of sp³-hybridized carbons (Fsp3) is 0.368. The molecule has 0 spiro atoms. The van der Waals surface area contributed by atoms with E-state index in [4.69, 9.17) is 4.74 Å². The summed E-state index contributed by atoms with van der Waals surface area (Å²) < 4.78 is 45.9. The minimum absolute atomic E-state index is 0.294. The number of ether oxygens (including phenoxy) is 1. The van der Waals surface area contributed by atoms with Crippen LogP contribution >= 0.6 is 0 Å². The van der Waals surface area contributed by atoms with Gasteiger partial charge in [-0.25, -0.2) is 0 Å². The van der Waals surface area contributed by atoms with Crippen LogP contribution in [0.5, 0.6) is 5.75 Å². The molecule has 1 aliphatic rings. The third-order valence-corrected chi connectivity index (χ3v) is 4.51. The molecule has 0 aliphatic carbocycles. The third-order valence-electron chi connectivity index (χ3n) is 4.51. The number of nitrogens with one attached hydrogen (secondary N) is 1. The Kier molecular flexibility index (Phi) is 5.30. The van der Waals surface area contributed by atoms with Gasteiger partial charge in [-0.1, -0.05) is 30.3 Å². The summed E-state index contributed by atoms with van der Waals surface area (Å²) in [4.78, 5) is 2.10. The van der Waals surface area contributed by atoms with Crippen LogP contribution in [0.4, 0.5) is 13.2 Å². The van der Waals surface area contributed by atoms with Crippen molar-refractivity contribution in [3.05, 3.63) is 65.2 Å². The number of hydrogen-bond donors (Lipinski definition) is 1. The monoisotopic (exact) mass is 350 g/mol. The maximum atomic E-state index is 13.6. The second-order valence-corrected chi connectivity index (χ2v) is 6.05. The van der Waals surface area contributed by atoms with E-state index in [2.05, 4.69) is 10.2 Å². The van der Waals surface area contributed by atoms with Crippen molar-refractivity contribution < 1.29 is 17.9 Å². The highest BCUT2D eigenvalue weighted by molar-refractivity contribution is 5.40. The fourth-order valence-corrected chi connectivity index (χ4v) is 3.31. The Hall–Kier alpha value is -2.05. The largest absolute Gasteiger partial charge is 0.497 e. The zero-order valence-electron chi connectivity index (χ0n) is 14.0. The summed E-state index contributed by atoms with van der Waals surface area (Å²) in [5.41, 5.74) is 0.552. The van der Waals surface area contributed by atoms with Gasteiger partial charge >= 0.3 is 6.18 Å². The molecular weight excluding hydrogens is 329 g/mol. The van der Waals surface area contributed by atoms with Gasteiger partial charge in [-0.15, -0.1) is 0 Å². The van der Waals surface area contributed by atoms with Crippen molar-refractivity contribution in [1.82, 2.24) is 10.2 Å². The fourth-order valence-electron chi connectivity index (χ4n) is 3.31. The summed E-state index contributed by atoms with van der Waals surface area (Å²) in [7, 11) is 1.57. The molecule has 0 radical (unpaired) electrons. The molecule has 1 heterocycles. The van der Waals surface area contributed by atoms with Crippen LogP contribution in [0.1, 0.15) is 22.7 Å². The topological polar surface area (TPSA) is 24.5 Å². The molecule has 2 aromatic carbocycles. The molecule has 6 heteroatoms. The van der Waals surface area contributed by atoms with Gasteiger partial charge in [0.1, 0.15) is 5.75 Å². The van der Waals surface area contributed by atoms with E-state index in [1.807, 2.05) is 12.1 Å². The number of halogens is 3. The molecule has 1 unspecified atom stereocenters. The Morgan fingerprint density at radius 3 is 2.24 bits per heavy atom. The lowest BCUT2D eigenvalue weighted by Crippen LogP contribution is -2.45. The van der Waals surface area contributed by atoms with Crippen LogP contribution in [-0.4, -0.2) is 38.2 Å². The van der Waals surface area contributed by atoms with Crippen LogP contribution in [0, 0.1) is 0 Å². The maximum absolute atomic E-state index is 13.6. The van der Waals surface area contributed by atoms with Gasteiger partial charge in [0.2, 0.25) is 0 Å². The van der Waals surface area contributed by atoms with Gasteiger partial charge < -0.3 is 10.1 Å². The van der Waals surface area contributed by atoms with Crippen molar-refractivity contribution in [3.63, 3.8) is 0 Å². The predicted octanol–water partition coefficient (Wildman–Crippen LogP) is 3.71. The first-order valence-electron chi connectivity index (χ1n) is 8.25. The standard InChI is InChI=1S/C19H21F3N2O/c1-25-15-8-6-14(7-9-15)18(24-12-10-23-11-13-24)16-4-2-3-5-17(16)19(20,21)22/h2-9,18,23H,10-13H2,1H3. The average molecular weight is 350 g/mol. The van der Waals surface area contributed by atoms with Gasteiger partial charge in [0, 0.05) is 26.2 Å². The van der Waals surface area contributed by atoms with Crippen molar-refractivity contribution >= 4 is 0 Å². The summed E-state index contributed by atoms with van der Waals surface area (Å²) in [6, 6.07) is 12.7. The van der Waals surface area contributed by atoms with E-state index in [0.29, 0.717) is 24.4 Å². The first-order valence-corrected chi connectivity index (χ1v) is 8.25. The lowest BCUT2D eigenvalue weighted by atomic mass is 9.92. The van der Waals surface area contributed by atoms with E-state index < -0.39 is 17.8 Å². The Labute approximate surface area is 145 Å². The molecule has 2 aromatic rings. The quantitative estimate of drug-likeness (QED) is 0.910. The SMILES string of the molecule is COc1ccc(C(c2ccccc2C(F)(F)F)N2CCNCC2)cc1. The predicted molar refractivity (Wildman–Crippen MR) is 90.7 cm³/mol. The minimum atomic E-state index is -4.38. The number of rotatable bonds is 4. The second kappa shape index (κ2) is 7.45. The van der Waals surface area contributed by atoms with Crippen LogP contribution in [0.2, 0.25) is 0 Å². The lowest BCUT2D eigenvalue weighted by Gasteiger charge is -2.36. The summed E-state index contributed by atoms with van der Waals surface area (Å²) in [6.07, 6.45) is -4.38. The molecule has 3 nitrogen and oxygen atoms in total. The van der Waals surface area contributed by atoms with Gasteiger partial charge in [0.05, 0.1) is 18.7 Å². The van der Waals surface area contributed by atoms with Gasteiger partial charge in [-0.3, -0.25) is 4.90 Å². The summed E-state index contributed by atoms with van der Waals surface area (Å²) in [5.74, 6) is 0.687.